The van der Waals surface area contributed by atoms with Crippen molar-refractivity contribution in [3.63, 3.8) is 0 Å². The minimum atomic E-state index is 0.635. The summed E-state index contributed by atoms with van der Waals surface area (Å²) < 4.78 is 5.61. The van der Waals surface area contributed by atoms with Crippen LogP contribution in [0.2, 0.25) is 5.02 Å². The highest BCUT2D eigenvalue weighted by Gasteiger charge is 2.12. The molecule has 8 heteroatoms. The van der Waals surface area contributed by atoms with Crippen LogP contribution in [0, 0.1) is 4.77 Å². The summed E-state index contributed by atoms with van der Waals surface area (Å²) in [5.41, 5.74) is 0.997. The Morgan fingerprint density at radius 3 is 2.58 bits per heavy atom. The van der Waals surface area contributed by atoms with Crippen LogP contribution in [0.15, 0.2) is 40.2 Å². The summed E-state index contributed by atoms with van der Waals surface area (Å²) in [6.07, 6.45) is 0. The van der Waals surface area contributed by atoms with Crippen LogP contribution < -0.4 is 0 Å². The summed E-state index contributed by atoms with van der Waals surface area (Å²) in [4.78, 5) is 3.48. The van der Waals surface area contributed by atoms with Gasteiger partial charge in [0, 0.05) is 29.1 Å². The third kappa shape index (κ3) is 3.97. The molecule has 24 heavy (non-hydrogen) atoms. The molecule has 0 atom stereocenters. The standard InChI is InChI=1S/C16H16BrClN4S2/c1-20(9-13-7-8-14(17)24-13)10-22-16(23)21(2)15(19-22)11-3-5-12(18)6-4-11/h3-8H,9-10H2,1-2H3. The molecule has 0 saturated heterocycles. The number of hydrogen-bond donors (Lipinski definition) is 0. The van der Waals surface area contributed by atoms with Crippen molar-refractivity contribution < 1.29 is 0 Å². The zero-order valence-corrected chi connectivity index (χ0v) is 17.2. The van der Waals surface area contributed by atoms with Crippen molar-refractivity contribution in [2.75, 3.05) is 7.05 Å². The van der Waals surface area contributed by atoms with Crippen molar-refractivity contribution in [3.8, 4) is 11.4 Å². The minimum Gasteiger partial charge on any atom is -0.303 e. The Balaban J connectivity index is 1.80. The molecule has 0 bridgehead atoms. The molecule has 3 rings (SSSR count). The van der Waals surface area contributed by atoms with E-state index in [1.807, 2.05) is 40.6 Å². The highest BCUT2D eigenvalue weighted by atomic mass is 79.9. The molecule has 0 N–H and O–H groups in total. The second-order valence-corrected chi connectivity index (χ2v) is 8.88. The lowest BCUT2D eigenvalue weighted by molar-refractivity contribution is 0.246. The number of halogens is 2. The van der Waals surface area contributed by atoms with Gasteiger partial charge < -0.3 is 4.57 Å². The average molecular weight is 444 g/mol. The van der Waals surface area contributed by atoms with E-state index in [0.29, 0.717) is 16.5 Å². The molecular weight excluding hydrogens is 428 g/mol. The average Bonchev–Trinajstić information content (AvgIpc) is 3.06. The van der Waals surface area contributed by atoms with Crippen molar-refractivity contribution >= 4 is 51.1 Å². The molecule has 0 aliphatic carbocycles. The van der Waals surface area contributed by atoms with Crippen molar-refractivity contribution in [2.24, 2.45) is 7.05 Å². The summed E-state index contributed by atoms with van der Waals surface area (Å²) in [5.74, 6) is 0.837. The lowest BCUT2D eigenvalue weighted by atomic mass is 10.2. The SMILES string of the molecule is CN(Cc1ccc(Br)s1)Cn1nc(-c2ccc(Cl)cc2)n(C)c1=S. The van der Waals surface area contributed by atoms with E-state index in [4.69, 9.17) is 23.8 Å². The zero-order valence-electron chi connectivity index (χ0n) is 13.2. The van der Waals surface area contributed by atoms with Crippen molar-refractivity contribution in [1.82, 2.24) is 19.2 Å². The molecule has 0 aliphatic heterocycles. The van der Waals surface area contributed by atoms with E-state index in [9.17, 15) is 0 Å². The molecule has 0 aliphatic rings. The zero-order chi connectivity index (χ0) is 17.3. The molecule has 0 radical (unpaired) electrons. The first-order valence-electron chi connectivity index (χ1n) is 7.26. The predicted molar refractivity (Wildman–Crippen MR) is 106 cm³/mol. The van der Waals surface area contributed by atoms with E-state index in [1.165, 1.54) is 4.88 Å². The van der Waals surface area contributed by atoms with Gasteiger partial charge in [-0.2, -0.15) is 5.10 Å². The Morgan fingerprint density at radius 1 is 1.25 bits per heavy atom. The molecule has 0 unspecified atom stereocenters. The Kier molecular flexibility index (Phi) is 5.56. The van der Waals surface area contributed by atoms with Crippen LogP contribution >= 0.6 is 51.1 Å². The molecule has 3 aromatic rings. The molecule has 0 saturated carbocycles. The van der Waals surface area contributed by atoms with Gasteiger partial charge in [0.15, 0.2) is 10.6 Å². The third-order valence-electron chi connectivity index (χ3n) is 3.57. The van der Waals surface area contributed by atoms with Crippen molar-refractivity contribution in [3.05, 3.63) is 54.9 Å². The first-order chi connectivity index (χ1) is 11.4. The van der Waals surface area contributed by atoms with E-state index in [1.54, 1.807) is 11.3 Å². The van der Waals surface area contributed by atoms with Crippen LogP contribution in [-0.2, 0) is 20.3 Å². The number of rotatable bonds is 5. The lowest BCUT2D eigenvalue weighted by Gasteiger charge is -2.15. The molecular formula is C16H16BrClN4S2. The van der Waals surface area contributed by atoms with Crippen LogP contribution in [0.1, 0.15) is 4.88 Å². The topological polar surface area (TPSA) is 26.0 Å². The maximum Gasteiger partial charge on any atom is 0.199 e. The maximum absolute atomic E-state index is 5.96. The Labute approximate surface area is 163 Å². The smallest absolute Gasteiger partial charge is 0.199 e. The number of benzene rings is 1. The van der Waals surface area contributed by atoms with Crippen molar-refractivity contribution in [2.45, 2.75) is 13.2 Å². The first kappa shape index (κ1) is 17.8. The van der Waals surface area contributed by atoms with Crippen molar-refractivity contribution in [1.29, 1.82) is 0 Å². The van der Waals surface area contributed by atoms with Crippen LogP contribution in [0.3, 0.4) is 0 Å². The van der Waals surface area contributed by atoms with Gasteiger partial charge in [0.2, 0.25) is 0 Å². The number of thiophene rings is 1. The Hall–Kier alpha value is -0.990. The highest BCUT2D eigenvalue weighted by molar-refractivity contribution is 9.11. The van der Waals surface area contributed by atoms with Gasteiger partial charge in [-0.05, 0) is 71.6 Å². The minimum absolute atomic E-state index is 0.635. The van der Waals surface area contributed by atoms with Gasteiger partial charge in [0.05, 0.1) is 10.5 Å². The van der Waals surface area contributed by atoms with E-state index < -0.39 is 0 Å². The van der Waals surface area contributed by atoms with Gasteiger partial charge in [0.1, 0.15) is 0 Å². The van der Waals surface area contributed by atoms with Gasteiger partial charge >= 0.3 is 0 Å². The van der Waals surface area contributed by atoms with Gasteiger partial charge in [-0.15, -0.1) is 11.3 Å². The molecule has 1 aromatic carbocycles. The second-order valence-electron chi connectivity index (χ2n) is 5.53. The number of hydrogen-bond acceptors (Lipinski definition) is 4. The molecule has 2 heterocycles. The number of nitrogens with zero attached hydrogens (tertiary/aromatic N) is 4. The van der Waals surface area contributed by atoms with Crippen LogP contribution in [0.25, 0.3) is 11.4 Å². The first-order valence-corrected chi connectivity index (χ1v) is 9.66. The summed E-state index contributed by atoms with van der Waals surface area (Å²) in [5, 5.41) is 5.39. The summed E-state index contributed by atoms with van der Waals surface area (Å²) >= 11 is 16.7. The van der Waals surface area contributed by atoms with E-state index in [2.05, 4.69) is 45.1 Å². The monoisotopic (exact) mass is 442 g/mol. The van der Waals surface area contributed by atoms with Gasteiger partial charge in [-0.1, -0.05) is 11.6 Å². The third-order valence-corrected chi connectivity index (χ3v) is 5.92. The van der Waals surface area contributed by atoms with Gasteiger partial charge in [-0.25, -0.2) is 4.68 Å². The molecule has 0 spiro atoms. The Morgan fingerprint density at radius 2 is 1.96 bits per heavy atom. The van der Waals surface area contributed by atoms with E-state index in [-0.39, 0.29) is 0 Å². The van der Waals surface area contributed by atoms with E-state index in [0.717, 1.165) is 21.7 Å². The van der Waals surface area contributed by atoms with E-state index >= 15 is 0 Å². The van der Waals surface area contributed by atoms with Crippen LogP contribution in [-0.4, -0.2) is 26.3 Å². The molecule has 126 valence electrons. The second kappa shape index (κ2) is 7.49. The lowest BCUT2D eigenvalue weighted by Crippen LogP contribution is -2.22. The van der Waals surface area contributed by atoms with Crippen LogP contribution in [0.4, 0.5) is 0 Å². The fourth-order valence-corrected chi connectivity index (χ4v) is 4.29. The predicted octanol–water partition coefficient (Wildman–Crippen LogP) is 5.18. The van der Waals surface area contributed by atoms with Gasteiger partial charge in [-0.3, -0.25) is 4.90 Å². The largest absolute Gasteiger partial charge is 0.303 e. The molecule has 2 aromatic heterocycles. The molecule has 4 nitrogen and oxygen atoms in total. The quantitative estimate of drug-likeness (QED) is 0.508. The summed E-state index contributed by atoms with van der Waals surface area (Å²) in [7, 11) is 4.00. The normalized spacial score (nSPS) is 11.4. The van der Waals surface area contributed by atoms with Gasteiger partial charge in [0.25, 0.3) is 0 Å². The summed E-state index contributed by atoms with van der Waals surface area (Å²) in [6.45, 7) is 1.49. The van der Waals surface area contributed by atoms with Crippen LogP contribution in [0.5, 0.6) is 0 Å². The summed E-state index contributed by atoms with van der Waals surface area (Å²) in [6, 6.07) is 11.8. The highest BCUT2D eigenvalue weighted by Crippen LogP contribution is 2.23. The number of aromatic nitrogens is 3. The molecule has 0 fully saturated rings. The Bertz CT molecular complexity index is 898. The molecule has 0 amide bonds. The fraction of sp³-hybridized carbons (Fsp3) is 0.250. The fourth-order valence-electron chi connectivity index (χ4n) is 2.41. The maximum atomic E-state index is 5.96.